The number of hydrogen-bond donors (Lipinski definition) is 1. The Hall–Kier alpha value is -2.89. The molecule has 1 heterocycles. The Morgan fingerprint density at radius 3 is 2.48 bits per heavy atom. The smallest absolute Gasteiger partial charge is 0.422 e. The maximum absolute atomic E-state index is 12.8. The summed E-state index contributed by atoms with van der Waals surface area (Å²) in [4.78, 5) is 25.5. The third-order valence-corrected chi connectivity index (χ3v) is 5.26. The zero-order valence-electron chi connectivity index (χ0n) is 17.3. The Balaban J connectivity index is 1.79. The third-order valence-electron chi connectivity index (χ3n) is 5.01. The molecule has 1 unspecified atom stereocenters. The molecule has 1 N–H and O–H groups in total. The molecule has 0 bridgehead atoms. The first-order valence-electron chi connectivity index (χ1n) is 9.97. The van der Waals surface area contributed by atoms with Crippen molar-refractivity contribution in [3.05, 3.63) is 68.7 Å². The van der Waals surface area contributed by atoms with Crippen LogP contribution in [0.2, 0.25) is 5.02 Å². The minimum absolute atomic E-state index is 0.102. The normalized spacial score (nSPS) is 15.6. The number of amides is 1. The van der Waals surface area contributed by atoms with Crippen LogP contribution in [-0.4, -0.2) is 61.4 Å². The minimum Gasteiger partial charge on any atom is -0.484 e. The highest BCUT2D eigenvalue weighted by Crippen LogP contribution is 2.27. The molecule has 0 radical (unpaired) electrons. The van der Waals surface area contributed by atoms with Crippen molar-refractivity contribution < 1.29 is 32.4 Å². The molecule has 12 heteroatoms. The number of morpholine rings is 1. The maximum atomic E-state index is 12.8. The average molecular weight is 488 g/mol. The summed E-state index contributed by atoms with van der Waals surface area (Å²) in [6.07, 6.45) is -4.59. The number of nitrogens with zero attached hydrogens (tertiary/aromatic N) is 2. The van der Waals surface area contributed by atoms with Gasteiger partial charge in [0.05, 0.1) is 24.2 Å². The van der Waals surface area contributed by atoms with Gasteiger partial charge < -0.3 is 14.8 Å². The fourth-order valence-corrected chi connectivity index (χ4v) is 3.55. The largest absolute Gasteiger partial charge is 0.484 e. The van der Waals surface area contributed by atoms with E-state index in [4.69, 9.17) is 16.3 Å². The lowest BCUT2D eigenvalue weighted by Crippen LogP contribution is -2.43. The Bertz CT molecular complexity index is 982. The number of benzene rings is 2. The summed E-state index contributed by atoms with van der Waals surface area (Å²) in [5, 5.41) is 14.6. The summed E-state index contributed by atoms with van der Waals surface area (Å²) in [6.45, 7) is 0.783. The van der Waals surface area contributed by atoms with Gasteiger partial charge in [-0.1, -0.05) is 23.7 Å². The molecular weight excluding hydrogens is 467 g/mol. The van der Waals surface area contributed by atoms with Crippen LogP contribution in [0.3, 0.4) is 0 Å². The summed E-state index contributed by atoms with van der Waals surface area (Å²) in [6, 6.07) is 9.72. The van der Waals surface area contributed by atoms with Gasteiger partial charge in [-0.2, -0.15) is 13.2 Å². The van der Waals surface area contributed by atoms with Crippen molar-refractivity contribution in [3.8, 4) is 5.75 Å². The average Bonchev–Trinajstić information content (AvgIpc) is 2.78. The number of alkyl halides is 3. The molecule has 0 aromatic heterocycles. The van der Waals surface area contributed by atoms with Gasteiger partial charge in [-0.3, -0.25) is 19.8 Å². The topological polar surface area (TPSA) is 93.9 Å². The summed E-state index contributed by atoms with van der Waals surface area (Å²) in [7, 11) is 0. The lowest BCUT2D eigenvalue weighted by Gasteiger charge is -2.35. The number of hydrogen-bond acceptors (Lipinski definition) is 6. The van der Waals surface area contributed by atoms with E-state index < -0.39 is 34.9 Å². The molecule has 0 aliphatic carbocycles. The lowest BCUT2D eigenvalue weighted by atomic mass is 10.0. The van der Waals surface area contributed by atoms with Crippen LogP contribution in [0.25, 0.3) is 0 Å². The highest BCUT2D eigenvalue weighted by Gasteiger charge is 2.30. The van der Waals surface area contributed by atoms with Crippen molar-refractivity contribution in [1.29, 1.82) is 0 Å². The second kappa shape index (κ2) is 10.8. The van der Waals surface area contributed by atoms with Gasteiger partial charge in [0.15, 0.2) is 6.61 Å². The molecule has 1 amide bonds. The molecule has 1 aliphatic rings. The molecule has 2 aromatic rings. The zero-order chi connectivity index (χ0) is 24.0. The molecular formula is C21H21ClF3N3O5. The van der Waals surface area contributed by atoms with Crippen molar-refractivity contribution in [1.82, 2.24) is 10.2 Å². The monoisotopic (exact) mass is 487 g/mol. The van der Waals surface area contributed by atoms with E-state index in [9.17, 15) is 28.1 Å². The number of ether oxygens (including phenoxy) is 2. The van der Waals surface area contributed by atoms with E-state index in [0.29, 0.717) is 31.3 Å². The zero-order valence-corrected chi connectivity index (χ0v) is 18.1. The molecule has 8 nitrogen and oxygen atoms in total. The Morgan fingerprint density at radius 2 is 1.88 bits per heavy atom. The summed E-state index contributed by atoms with van der Waals surface area (Å²) < 4.78 is 47.4. The van der Waals surface area contributed by atoms with Crippen molar-refractivity contribution >= 4 is 23.2 Å². The van der Waals surface area contributed by atoms with E-state index >= 15 is 0 Å². The van der Waals surface area contributed by atoms with Gasteiger partial charge in [0, 0.05) is 30.7 Å². The van der Waals surface area contributed by atoms with Gasteiger partial charge >= 0.3 is 6.18 Å². The molecule has 1 atom stereocenters. The maximum Gasteiger partial charge on any atom is 0.422 e. The van der Waals surface area contributed by atoms with Crippen LogP contribution >= 0.6 is 11.6 Å². The molecule has 3 rings (SSSR count). The Kier molecular flexibility index (Phi) is 8.11. The number of rotatable bonds is 8. The van der Waals surface area contributed by atoms with Crippen LogP contribution in [-0.2, 0) is 4.74 Å². The van der Waals surface area contributed by atoms with Gasteiger partial charge in [-0.25, -0.2) is 0 Å². The highest BCUT2D eigenvalue weighted by atomic mass is 35.5. The second-order valence-electron chi connectivity index (χ2n) is 7.27. The number of nitrogens with one attached hydrogen (secondary N) is 1. The quantitative estimate of drug-likeness (QED) is 0.447. The predicted octanol–water partition coefficient (Wildman–Crippen LogP) is 3.99. The van der Waals surface area contributed by atoms with E-state index in [1.165, 1.54) is 0 Å². The number of nitro benzene ring substituents is 1. The van der Waals surface area contributed by atoms with Crippen molar-refractivity contribution in [2.24, 2.45) is 0 Å². The second-order valence-corrected chi connectivity index (χ2v) is 7.70. The van der Waals surface area contributed by atoms with E-state index in [1.54, 1.807) is 12.1 Å². The van der Waals surface area contributed by atoms with Crippen molar-refractivity contribution in [2.75, 3.05) is 39.5 Å². The molecule has 0 saturated carbocycles. The highest BCUT2D eigenvalue weighted by molar-refractivity contribution is 6.30. The number of carbonyl (C=O) groups is 1. The van der Waals surface area contributed by atoms with Gasteiger partial charge in [0.25, 0.3) is 11.6 Å². The van der Waals surface area contributed by atoms with Crippen molar-refractivity contribution in [3.63, 3.8) is 0 Å². The van der Waals surface area contributed by atoms with Crippen LogP contribution in [0.15, 0.2) is 42.5 Å². The van der Waals surface area contributed by atoms with Crippen LogP contribution in [0.4, 0.5) is 18.9 Å². The number of halogens is 4. The van der Waals surface area contributed by atoms with Gasteiger partial charge in [-0.15, -0.1) is 0 Å². The lowest BCUT2D eigenvalue weighted by molar-refractivity contribution is -0.385. The SMILES string of the molecule is O=C(NCC(c1ccc(Cl)cc1)N1CCOCC1)c1cc(OCC(F)(F)F)ccc1[N+](=O)[O-]. The summed E-state index contributed by atoms with van der Waals surface area (Å²) in [5.41, 5.74) is -0.0591. The summed E-state index contributed by atoms with van der Waals surface area (Å²) >= 11 is 5.98. The van der Waals surface area contributed by atoms with E-state index in [0.717, 1.165) is 23.8 Å². The molecule has 2 aromatic carbocycles. The van der Waals surface area contributed by atoms with Crippen LogP contribution in [0, 0.1) is 10.1 Å². The fraction of sp³-hybridized carbons (Fsp3) is 0.381. The van der Waals surface area contributed by atoms with Crippen LogP contribution in [0.5, 0.6) is 5.75 Å². The molecule has 1 aliphatic heterocycles. The molecule has 178 valence electrons. The van der Waals surface area contributed by atoms with Crippen LogP contribution < -0.4 is 10.1 Å². The fourth-order valence-electron chi connectivity index (χ4n) is 3.43. The molecule has 1 fully saturated rings. The Morgan fingerprint density at radius 1 is 1.21 bits per heavy atom. The molecule has 0 spiro atoms. The first-order chi connectivity index (χ1) is 15.6. The minimum atomic E-state index is -4.59. The van der Waals surface area contributed by atoms with Gasteiger partial charge in [0.1, 0.15) is 11.3 Å². The number of nitro groups is 1. The molecule has 1 saturated heterocycles. The third kappa shape index (κ3) is 7.04. The standard InChI is InChI=1S/C21H21ClF3N3O5/c22-15-3-1-14(2-4-15)19(27-7-9-32-10-8-27)12-26-20(29)17-11-16(33-13-21(23,24)25)5-6-18(17)28(30)31/h1-6,11,19H,7-10,12-13H2,(H,26,29). The van der Waals surface area contributed by atoms with E-state index in [2.05, 4.69) is 15.0 Å². The van der Waals surface area contributed by atoms with Crippen molar-refractivity contribution in [2.45, 2.75) is 12.2 Å². The first kappa shape index (κ1) is 24.7. The van der Waals surface area contributed by atoms with E-state index in [-0.39, 0.29) is 18.3 Å². The Labute approximate surface area is 192 Å². The van der Waals surface area contributed by atoms with Gasteiger partial charge in [-0.05, 0) is 29.8 Å². The summed E-state index contributed by atoms with van der Waals surface area (Å²) in [5.74, 6) is -1.10. The predicted molar refractivity (Wildman–Crippen MR) is 114 cm³/mol. The first-order valence-corrected chi connectivity index (χ1v) is 10.4. The van der Waals surface area contributed by atoms with E-state index in [1.807, 2.05) is 12.1 Å². The van der Waals surface area contributed by atoms with Crippen LogP contribution in [0.1, 0.15) is 22.0 Å². The number of carbonyl (C=O) groups excluding carboxylic acids is 1. The molecule has 33 heavy (non-hydrogen) atoms. The van der Waals surface area contributed by atoms with Gasteiger partial charge in [0.2, 0.25) is 0 Å².